The summed E-state index contributed by atoms with van der Waals surface area (Å²) >= 11 is 10.3. The lowest BCUT2D eigenvalue weighted by molar-refractivity contribution is 0.0943. The van der Waals surface area contributed by atoms with Crippen LogP contribution in [-0.2, 0) is 0 Å². The monoisotopic (exact) mass is 349 g/mol. The van der Waals surface area contributed by atoms with E-state index in [2.05, 4.69) is 26.8 Å². The quantitative estimate of drug-likeness (QED) is 0.416. The van der Waals surface area contributed by atoms with E-state index >= 15 is 0 Å². The maximum atomic E-state index is 12.1. The molecule has 122 valence electrons. The highest BCUT2D eigenvalue weighted by atomic mass is 32.1. The van der Waals surface area contributed by atoms with Gasteiger partial charge in [-0.15, -0.1) is 0 Å². The summed E-state index contributed by atoms with van der Waals surface area (Å²) in [6.45, 7) is 0. The van der Waals surface area contributed by atoms with Crippen LogP contribution in [0.25, 0.3) is 0 Å². The van der Waals surface area contributed by atoms with Crippen molar-refractivity contribution in [3.63, 3.8) is 0 Å². The van der Waals surface area contributed by atoms with Crippen molar-refractivity contribution < 1.29 is 4.79 Å². The van der Waals surface area contributed by atoms with E-state index in [0.717, 1.165) is 31.4 Å². The van der Waals surface area contributed by atoms with Crippen LogP contribution >= 0.6 is 24.4 Å². The summed E-state index contributed by atoms with van der Waals surface area (Å²) in [5.74, 6) is -0.255. The van der Waals surface area contributed by atoms with Gasteiger partial charge in [0.05, 0.1) is 0 Å². The number of hydrazine groups is 1. The Labute approximate surface area is 145 Å². The Hall–Kier alpha value is -1.93. The summed E-state index contributed by atoms with van der Waals surface area (Å²) in [7, 11) is 0. The van der Waals surface area contributed by atoms with E-state index in [0.29, 0.717) is 27.9 Å². The molecule has 0 unspecified atom stereocenters. The molecule has 2 fully saturated rings. The molecule has 6 nitrogen and oxygen atoms in total. The molecule has 8 heteroatoms. The van der Waals surface area contributed by atoms with Gasteiger partial charge in [0.25, 0.3) is 5.91 Å². The van der Waals surface area contributed by atoms with Gasteiger partial charge >= 0.3 is 0 Å². The van der Waals surface area contributed by atoms with Crippen LogP contribution in [-0.4, -0.2) is 28.2 Å². The van der Waals surface area contributed by atoms with Crippen molar-refractivity contribution in [1.29, 1.82) is 0 Å². The molecule has 1 aromatic carbocycles. The topological polar surface area (TPSA) is 77.2 Å². The van der Waals surface area contributed by atoms with Gasteiger partial charge in [-0.05, 0) is 68.3 Å². The highest BCUT2D eigenvalue weighted by molar-refractivity contribution is 7.80. The predicted molar refractivity (Wildman–Crippen MR) is 98.2 cm³/mol. The highest BCUT2D eigenvalue weighted by Crippen LogP contribution is 2.19. The van der Waals surface area contributed by atoms with Crippen molar-refractivity contribution in [2.75, 3.05) is 5.32 Å². The van der Waals surface area contributed by atoms with Gasteiger partial charge in [0, 0.05) is 23.3 Å². The molecule has 2 saturated carbocycles. The molecule has 0 saturated heterocycles. The minimum atomic E-state index is -0.255. The zero-order chi connectivity index (χ0) is 16.2. The second kappa shape index (κ2) is 7.10. The molecule has 0 radical (unpaired) electrons. The largest absolute Gasteiger partial charge is 0.360 e. The van der Waals surface area contributed by atoms with Crippen LogP contribution in [0.1, 0.15) is 36.0 Å². The Morgan fingerprint density at radius 3 is 2.26 bits per heavy atom. The van der Waals surface area contributed by atoms with Crippen LogP contribution in [0.15, 0.2) is 24.3 Å². The molecule has 3 rings (SSSR count). The number of carbonyl (C=O) groups is 1. The van der Waals surface area contributed by atoms with Gasteiger partial charge in [-0.25, -0.2) is 0 Å². The van der Waals surface area contributed by atoms with E-state index in [4.69, 9.17) is 24.4 Å². The fourth-order valence-electron chi connectivity index (χ4n) is 1.95. The number of hydrogen-bond donors (Lipinski definition) is 5. The number of rotatable bonds is 4. The number of anilines is 1. The fourth-order valence-corrected chi connectivity index (χ4v) is 2.46. The average Bonchev–Trinajstić information content (AvgIpc) is 3.42. The van der Waals surface area contributed by atoms with Crippen molar-refractivity contribution in [2.24, 2.45) is 0 Å². The van der Waals surface area contributed by atoms with E-state index in [1.807, 2.05) is 6.07 Å². The molecule has 0 aliphatic heterocycles. The first kappa shape index (κ1) is 15.9. The van der Waals surface area contributed by atoms with Crippen LogP contribution in [0.3, 0.4) is 0 Å². The standard InChI is InChI=1S/C15H19N5OS2/c21-13(19-20-15(23)17-11-6-7-11)9-2-1-3-12(8-9)18-14(22)16-10-4-5-10/h1-3,8,10-11H,4-7H2,(H,19,21)(H2,16,18,22)(H2,17,20,23). The molecule has 23 heavy (non-hydrogen) atoms. The minimum absolute atomic E-state index is 0.255. The number of nitrogens with one attached hydrogen (secondary N) is 5. The van der Waals surface area contributed by atoms with Gasteiger partial charge < -0.3 is 16.0 Å². The molecule has 0 heterocycles. The van der Waals surface area contributed by atoms with E-state index in [9.17, 15) is 4.79 Å². The normalized spacial score (nSPS) is 16.2. The predicted octanol–water partition coefficient (Wildman–Crippen LogP) is 1.41. The van der Waals surface area contributed by atoms with E-state index in [1.54, 1.807) is 18.2 Å². The molecule has 0 aromatic heterocycles. The van der Waals surface area contributed by atoms with Crippen molar-refractivity contribution in [2.45, 2.75) is 37.8 Å². The Morgan fingerprint density at radius 1 is 0.957 bits per heavy atom. The lowest BCUT2D eigenvalue weighted by atomic mass is 10.2. The van der Waals surface area contributed by atoms with Gasteiger partial charge in [0.15, 0.2) is 10.2 Å². The van der Waals surface area contributed by atoms with Crippen LogP contribution in [0, 0.1) is 0 Å². The van der Waals surface area contributed by atoms with E-state index in [-0.39, 0.29) is 5.91 Å². The second-order valence-corrected chi connectivity index (χ2v) is 6.60. The highest BCUT2D eigenvalue weighted by Gasteiger charge is 2.22. The summed E-state index contributed by atoms with van der Waals surface area (Å²) in [6, 6.07) is 8.08. The number of carbonyl (C=O) groups excluding carboxylic acids is 1. The van der Waals surface area contributed by atoms with Crippen molar-refractivity contribution in [3.8, 4) is 0 Å². The van der Waals surface area contributed by atoms with Crippen molar-refractivity contribution >= 4 is 46.3 Å². The molecular weight excluding hydrogens is 330 g/mol. The zero-order valence-electron chi connectivity index (χ0n) is 12.5. The SMILES string of the molecule is O=C(NNC(=S)NC1CC1)c1cccc(NC(=S)NC2CC2)c1. The van der Waals surface area contributed by atoms with Gasteiger partial charge in [0.2, 0.25) is 0 Å². The third kappa shape index (κ3) is 5.33. The van der Waals surface area contributed by atoms with Gasteiger partial charge in [0.1, 0.15) is 0 Å². The van der Waals surface area contributed by atoms with E-state index in [1.165, 1.54) is 0 Å². The number of amides is 1. The molecular formula is C15H19N5OS2. The fraction of sp³-hybridized carbons (Fsp3) is 0.400. The van der Waals surface area contributed by atoms with Crippen LogP contribution in [0.2, 0.25) is 0 Å². The first-order valence-corrected chi connectivity index (χ1v) is 8.46. The molecule has 2 aliphatic carbocycles. The molecule has 0 atom stereocenters. The Bertz CT molecular complexity index is 628. The first-order valence-electron chi connectivity index (χ1n) is 7.64. The molecule has 0 spiro atoms. The third-order valence-corrected chi connectivity index (χ3v) is 3.94. The summed E-state index contributed by atoms with van der Waals surface area (Å²) in [6.07, 6.45) is 4.56. The van der Waals surface area contributed by atoms with Crippen LogP contribution < -0.4 is 26.8 Å². The lowest BCUT2D eigenvalue weighted by Crippen LogP contribution is -2.47. The van der Waals surface area contributed by atoms with E-state index < -0.39 is 0 Å². The summed E-state index contributed by atoms with van der Waals surface area (Å²) in [4.78, 5) is 12.1. The van der Waals surface area contributed by atoms with Crippen LogP contribution in [0.5, 0.6) is 0 Å². The Morgan fingerprint density at radius 2 is 1.61 bits per heavy atom. The summed E-state index contributed by atoms with van der Waals surface area (Å²) in [5.41, 5.74) is 6.59. The first-order chi connectivity index (χ1) is 11.1. The zero-order valence-corrected chi connectivity index (χ0v) is 14.2. The number of thiocarbonyl (C=S) groups is 2. The molecule has 1 aromatic rings. The molecule has 1 amide bonds. The molecule has 5 N–H and O–H groups in total. The van der Waals surface area contributed by atoms with Gasteiger partial charge in [-0.1, -0.05) is 6.07 Å². The lowest BCUT2D eigenvalue weighted by Gasteiger charge is -2.12. The minimum Gasteiger partial charge on any atom is -0.360 e. The van der Waals surface area contributed by atoms with Crippen molar-refractivity contribution in [1.82, 2.24) is 21.5 Å². The third-order valence-electron chi connectivity index (χ3n) is 3.50. The van der Waals surface area contributed by atoms with Crippen molar-refractivity contribution in [3.05, 3.63) is 29.8 Å². The maximum absolute atomic E-state index is 12.1. The Kier molecular flexibility index (Phi) is 4.92. The average molecular weight is 349 g/mol. The molecule has 2 aliphatic rings. The second-order valence-electron chi connectivity index (χ2n) is 5.78. The summed E-state index contributed by atoms with van der Waals surface area (Å²) in [5, 5.41) is 10.4. The number of hydrogen-bond acceptors (Lipinski definition) is 3. The number of benzene rings is 1. The molecule has 0 bridgehead atoms. The van der Waals surface area contributed by atoms with Crippen LogP contribution in [0.4, 0.5) is 5.69 Å². The van der Waals surface area contributed by atoms with Gasteiger partial charge in [-0.2, -0.15) is 0 Å². The smallest absolute Gasteiger partial charge is 0.269 e. The Balaban J connectivity index is 1.49. The maximum Gasteiger partial charge on any atom is 0.269 e. The summed E-state index contributed by atoms with van der Waals surface area (Å²) < 4.78 is 0. The van der Waals surface area contributed by atoms with Gasteiger partial charge in [-0.3, -0.25) is 15.6 Å².